The second kappa shape index (κ2) is 7.87. The van der Waals surface area contributed by atoms with E-state index in [0.29, 0.717) is 42.0 Å². The number of fused-ring (bicyclic) bond motifs is 1. The molecule has 2 aromatic heterocycles. The lowest BCUT2D eigenvalue weighted by Gasteiger charge is -2.29. The molecule has 0 saturated heterocycles. The number of rotatable bonds is 6. The zero-order valence-electron chi connectivity index (χ0n) is 14.7. The lowest BCUT2D eigenvalue weighted by Crippen LogP contribution is -2.24. The lowest BCUT2D eigenvalue weighted by molar-refractivity contribution is 0.160. The molecule has 0 amide bonds. The first-order chi connectivity index (χ1) is 12.1. The third-order valence-electron chi connectivity index (χ3n) is 4.89. The standard InChI is InChI=1S/C18H23ClN4O2/c1-11(9-21-16-8-15(19)22-10-23-16)12(2)13(3)14-4-5-20-18-17(14)24-6-7-25-18/h4-5,8,10-13H,6-7,9H2,1-3H3,(H,21,22,23). The van der Waals surface area contributed by atoms with Gasteiger partial charge in [-0.1, -0.05) is 32.4 Å². The van der Waals surface area contributed by atoms with Gasteiger partial charge < -0.3 is 14.8 Å². The van der Waals surface area contributed by atoms with Crippen LogP contribution in [-0.4, -0.2) is 34.7 Å². The van der Waals surface area contributed by atoms with E-state index in [4.69, 9.17) is 21.1 Å². The second-order valence-electron chi connectivity index (χ2n) is 6.46. The Morgan fingerprint density at radius 1 is 1.16 bits per heavy atom. The van der Waals surface area contributed by atoms with E-state index in [-0.39, 0.29) is 0 Å². The van der Waals surface area contributed by atoms with Crippen molar-refractivity contribution >= 4 is 17.4 Å². The molecule has 25 heavy (non-hydrogen) atoms. The minimum absolute atomic E-state index is 0.309. The number of halogens is 1. The van der Waals surface area contributed by atoms with E-state index in [1.54, 1.807) is 12.3 Å². The van der Waals surface area contributed by atoms with E-state index in [9.17, 15) is 0 Å². The molecule has 0 spiro atoms. The Kier molecular flexibility index (Phi) is 5.58. The number of hydrogen-bond acceptors (Lipinski definition) is 6. The van der Waals surface area contributed by atoms with Crippen LogP contribution in [0.5, 0.6) is 11.6 Å². The third kappa shape index (κ3) is 4.12. The molecular formula is C18H23ClN4O2. The Hall–Kier alpha value is -2.08. The molecule has 0 fully saturated rings. The van der Waals surface area contributed by atoms with Crippen LogP contribution < -0.4 is 14.8 Å². The summed E-state index contributed by atoms with van der Waals surface area (Å²) in [5.41, 5.74) is 1.15. The van der Waals surface area contributed by atoms with Crippen LogP contribution in [0, 0.1) is 11.8 Å². The van der Waals surface area contributed by atoms with Crippen LogP contribution in [0.15, 0.2) is 24.7 Å². The molecule has 134 valence electrons. The normalized spacial score (nSPS) is 16.8. The predicted octanol–water partition coefficient (Wildman–Crippen LogP) is 3.78. The molecular weight excluding hydrogens is 340 g/mol. The van der Waals surface area contributed by atoms with Gasteiger partial charge in [0.1, 0.15) is 30.5 Å². The molecule has 1 aliphatic heterocycles. The summed E-state index contributed by atoms with van der Waals surface area (Å²) in [6.07, 6.45) is 3.25. The summed E-state index contributed by atoms with van der Waals surface area (Å²) >= 11 is 5.90. The number of hydrogen-bond donors (Lipinski definition) is 1. The lowest BCUT2D eigenvalue weighted by atomic mass is 9.81. The Labute approximate surface area is 153 Å². The first-order valence-electron chi connectivity index (χ1n) is 8.52. The van der Waals surface area contributed by atoms with E-state index in [1.165, 1.54) is 6.33 Å². The minimum atomic E-state index is 0.309. The molecule has 1 N–H and O–H groups in total. The van der Waals surface area contributed by atoms with Gasteiger partial charge in [-0.15, -0.1) is 0 Å². The zero-order chi connectivity index (χ0) is 17.8. The molecule has 3 atom stereocenters. The number of aromatic nitrogens is 3. The highest BCUT2D eigenvalue weighted by Crippen LogP contribution is 2.40. The molecule has 0 saturated carbocycles. The summed E-state index contributed by atoms with van der Waals surface area (Å²) in [4.78, 5) is 12.3. The number of nitrogens with zero attached hydrogens (tertiary/aromatic N) is 3. The molecule has 3 unspecified atom stereocenters. The first-order valence-corrected chi connectivity index (χ1v) is 8.90. The van der Waals surface area contributed by atoms with Crippen molar-refractivity contribution in [2.24, 2.45) is 11.8 Å². The van der Waals surface area contributed by atoms with Crippen molar-refractivity contribution < 1.29 is 9.47 Å². The highest BCUT2D eigenvalue weighted by atomic mass is 35.5. The molecule has 1 aliphatic rings. The highest BCUT2D eigenvalue weighted by molar-refractivity contribution is 6.29. The topological polar surface area (TPSA) is 69.2 Å². The van der Waals surface area contributed by atoms with Crippen molar-refractivity contribution in [3.63, 3.8) is 0 Å². The van der Waals surface area contributed by atoms with Crippen molar-refractivity contribution in [3.05, 3.63) is 35.4 Å². The van der Waals surface area contributed by atoms with E-state index < -0.39 is 0 Å². The van der Waals surface area contributed by atoms with Crippen LogP contribution in [0.3, 0.4) is 0 Å². The summed E-state index contributed by atoms with van der Waals surface area (Å²) in [7, 11) is 0. The predicted molar refractivity (Wildman–Crippen MR) is 97.5 cm³/mol. The van der Waals surface area contributed by atoms with Crippen LogP contribution in [0.4, 0.5) is 5.82 Å². The Balaban J connectivity index is 1.66. The van der Waals surface area contributed by atoms with Gasteiger partial charge in [0, 0.05) is 24.4 Å². The highest BCUT2D eigenvalue weighted by Gasteiger charge is 2.26. The number of anilines is 1. The van der Waals surface area contributed by atoms with Crippen LogP contribution in [0.25, 0.3) is 0 Å². The summed E-state index contributed by atoms with van der Waals surface area (Å²) < 4.78 is 11.4. The van der Waals surface area contributed by atoms with Crippen molar-refractivity contribution in [2.45, 2.75) is 26.7 Å². The van der Waals surface area contributed by atoms with Crippen LogP contribution in [0.1, 0.15) is 32.3 Å². The molecule has 3 heterocycles. The van der Waals surface area contributed by atoms with E-state index in [1.807, 2.05) is 6.07 Å². The fourth-order valence-electron chi connectivity index (χ4n) is 2.99. The van der Waals surface area contributed by atoms with Crippen molar-refractivity contribution in [1.82, 2.24) is 15.0 Å². The van der Waals surface area contributed by atoms with E-state index in [2.05, 4.69) is 41.0 Å². The van der Waals surface area contributed by atoms with Gasteiger partial charge in [0.25, 0.3) is 5.88 Å². The van der Waals surface area contributed by atoms with Gasteiger partial charge in [0.2, 0.25) is 0 Å². The second-order valence-corrected chi connectivity index (χ2v) is 6.85. The summed E-state index contributed by atoms with van der Waals surface area (Å²) in [5, 5.41) is 3.77. The molecule has 7 heteroatoms. The van der Waals surface area contributed by atoms with Gasteiger partial charge in [-0.05, 0) is 23.8 Å². The van der Waals surface area contributed by atoms with Gasteiger partial charge in [-0.25, -0.2) is 15.0 Å². The Bertz CT molecular complexity index is 728. The van der Waals surface area contributed by atoms with Gasteiger partial charge in [-0.3, -0.25) is 0 Å². The maximum atomic E-state index is 5.90. The monoisotopic (exact) mass is 362 g/mol. The van der Waals surface area contributed by atoms with Crippen LogP contribution in [0.2, 0.25) is 5.15 Å². The van der Waals surface area contributed by atoms with Crippen LogP contribution in [-0.2, 0) is 0 Å². The average molecular weight is 363 g/mol. The number of ether oxygens (including phenoxy) is 2. The molecule has 3 rings (SSSR count). The Morgan fingerprint density at radius 3 is 2.76 bits per heavy atom. The van der Waals surface area contributed by atoms with Crippen molar-refractivity contribution in [2.75, 3.05) is 25.1 Å². The largest absolute Gasteiger partial charge is 0.484 e. The summed E-state index contributed by atoms with van der Waals surface area (Å²) in [6.45, 7) is 8.61. The SMILES string of the molecule is CC(CNc1cc(Cl)ncn1)C(C)C(C)c1ccnc2c1OCCO2. The number of pyridine rings is 1. The average Bonchev–Trinajstić information content (AvgIpc) is 2.64. The van der Waals surface area contributed by atoms with Gasteiger partial charge in [-0.2, -0.15) is 0 Å². The Morgan fingerprint density at radius 2 is 1.96 bits per heavy atom. The fourth-order valence-corrected chi connectivity index (χ4v) is 3.14. The molecule has 2 aromatic rings. The van der Waals surface area contributed by atoms with Gasteiger partial charge in [0.05, 0.1) is 0 Å². The van der Waals surface area contributed by atoms with Gasteiger partial charge in [0.15, 0.2) is 5.75 Å². The smallest absolute Gasteiger partial charge is 0.257 e. The molecule has 0 aliphatic carbocycles. The molecule has 6 nitrogen and oxygen atoms in total. The molecule has 0 bridgehead atoms. The zero-order valence-corrected chi connectivity index (χ0v) is 15.5. The molecule has 0 radical (unpaired) electrons. The minimum Gasteiger partial charge on any atom is -0.484 e. The molecule has 0 aromatic carbocycles. The van der Waals surface area contributed by atoms with E-state index in [0.717, 1.165) is 23.7 Å². The first kappa shape index (κ1) is 17.7. The number of nitrogens with one attached hydrogen (secondary N) is 1. The van der Waals surface area contributed by atoms with Crippen molar-refractivity contribution in [3.8, 4) is 11.6 Å². The van der Waals surface area contributed by atoms with E-state index >= 15 is 0 Å². The maximum absolute atomic E-state index is 5.90. The quantitative estimate of drug-likeness (QED) is 0.788. The summed E-state index contributed by atoms with van der Waals surface area (Å²) in [6, 6.07) is 3.76. The van der Waals surface area contributed by atoms with Crippen LogP contribution >= 0.6 is 11.6 Å². The fraction of sp³-hybridized carbons (Fsp3) is 0.500. The summed E-state index contributed by atoms with van der Waals surface area (Å²) in [5.74, 6) is 3.27. The van der Waals surface area contributed by atoms with Crippen molar-refractivity contribution in [1.29, 1.82) is 0 Å². The maximum Gasteiger partial charge on any atom is 0.257 e. The van der Waals surface area contributed by atoms with Gasteiger partial charge >= 0.3 is 0 Å². The third-order valence-corrected chi connectivity index (χ3v) is 5.09.